The molecule has 1 amide bonds. The highest BCUT2D eigenvalue weighted by atomic mass is 16.3. The molecule has 0 heterocycles. The number of nitrogens with zero attached hydrogens (tertiary/aromatic N) is 1. The Morgan fingerprint density at radius 1 is 1.67 bits per heavy atom. The van der Waals surface area contributed by atoms with Gasteiger partial charge < -0.3 is 10.8 Å². The van der Waals surface area contributed by atoms with Gasteiger partial charge in [0.05, 0.1) is 5.57 Å². The molecule has 0 spiro atoms. The number of carbonyl (C=O) groups is 1. The van der Waals surface area contributed by atoms with Crippen molar-refractivity contribution in [2.75, 3.05) is 14.1 Å². The van der Waals surface area contributed by atoms with E-state index in [2.05, 4.69) is 6.58 Å². The number of hydrogen-bond donors (Lipinski definition) is 2. The Bertz CT molecular complexity index is 201. The number of rotatable bonds is 4. The Kier molecular flexibility index (Phi) is 3.42. The van der Waals surface area contributed by atoms with E-state index in [1.54, 1.807) is 21.0 Å². The minimum Gasteiger partial charge on any atom is -0.371 e. The molecule has 4 heteroatoms. The van der Waals surface area contributed by atoms with Crippen LogP contribution < -0.4 is 5.73 Å². The summed E-state index contributed by atoms with van der Waals surface area (Å²) in [4.78, 5) is 12.3. The number of hydrogen-bond acceptors (Lipinski definition) is 3. The summed E-state index contributed by atoms with van der Waals surface area (Å²) in [6.07, 6.45) is 0.377. The van der Waals surface area contributed by atoms with Crippen molar-refractivity contribution in [1.82, 2.24) is 4.90 Å². The summed E-state index contributed by atoms with van der Waals surface area (Å²) in [5.41, 5.74) is 3.72. The quantitative estimate of drug-likeness (QED) is 0.451. The predicted molar refractivity (Wildman–Crippen MR) is 47.3 cm³/mol. The van der Waals surface area contributed by atoms with Crippen LogP contribution >= 0.6 is 0 Å². The van der Waals surface area contributed by atoms with Crippen molar-refractivity contribution >= 4 is 5.91 Å². The van der Waals surface area contributed by atoms with Crippen LogP contribution in [-0.2, 0) is 4.79 Å². The average molecular weight is 172 g/mol. The van der Waals surface area contributed by atoms with E-state index in [-0.39, 0.29) is 5.57 Å². The summed E-state index contributed by atoms with van der Waals surface area (Å²) >= 11 is 0. The van der Waals surface area contributed by atoms with Crippen LogP contribution in [0.15, 0.2) is 12.2 Å². The van der Waals surface area contributed by atoms with E-state index < -0.39 is 11.6 Å². The number of nitrogens with two attached hydrogens (primary N) is 1. The van der Waals surface area contributed by atoms with Crippen molar-refractivity contribution in [3.8, 4) is 0 Å². The van der Waals surface area contributed by atoms with Gasteiger partial charge in [-0.2, -0.15) is 0 Å². The van der Waals surface area contributed by atoms with Crippen molar-refractivity contribution in [3.63, 3.8) is 0 Å². The maximum atomic E-state index is 10.7. The first-order chi connectivity index (χ1) is 5.36. The summed E-state index contributed by atoms with van der Waals surface area (Å²) in [5.74, 6) is -0.673. The molecule has 4 nitrogen and oxygen atoms in total. The van der Waals surface area contributed by atoms with Crippen LogP contribution in [0.1, 0.15) is 13.3 Å². The Labute approximate surface area is 72.7 Å². The van der Waals surface area contributed by atoms with Gasteiger partial charge in [-0.05, 0) is 20.5 Å². The molecule has 0 aromatic rings. The van der Waals surface area contributed by atoms with E-state index in [9.17, 15) is 9.90 Å². The molecule has 0 aliphatic rings. The van der Waals surface area contributed by atoms with Gasteiger partial charge in [0.15, 0.2) is 0 Å². The van der Waals surface area contributed by atoms with E-state index in [0.717, 1.165) is 0 Å². The monoisotopic (exact) mass is 172 g/mol. The summed E-state index contributed by atoms with van der Waals surface area (Å²) in [7, 11) is 3.33. The maximum absolute atomic E-state index is 10.7. The minimum atomic E-state index is -1.31. The Morgan fingerprint density at radius 2 is 2.08 bits per heavy atom. The number of aliphatic hydroxyl groups is 1. The van der Waals surface area contributed by atoms with E-state index >= 15 is 0 Å². The van der Waals surface area contributed by atoms with Crippen LogP contribution in [-0.4, -0.2) is 35.7 Å². The van der Waals surface area contributed by atoms with Gasteiger partial charge in [-0.25, -0.2) is 0 Å². The van der Waals surface area contributed by atoms with Crippen LogP contribution in [0.3, 0.4) is 0 Å². The highest BCUT2D eigenvalue weighted by Gasteiger charge is 2.33. The lowest BCUT2D eigenvalue weighted by molar-refractivity contribution is -0.121. The lowest BCUT2D eigenvalue weighted by atomic mass is 10.00. The number of carbonyl (C=O) groups excluding carboxylic acids is 1. The van der Waals surface area contributed by atoms with Crippen LogP contribution in [0.2, 0.25) is 0 Å². The van der Waals surface area contributed by atoms with Crippen molar-refractivity contribution in [2.45, 2.75) is 19.1 Å². The minimum absolute atomic E-state index is 0.0231. The lowest BCUT2D eigenvalue weighted by Gasteiger charge is -2.34. The van der Waals surface area contributed by atoms with Gasteiger partial charge >= 0.3 is 0 Å². The molecule has 3 N–H and O–H groups in total. The topological polar surface area (TPSA) is 66.6 Å². The summed E-state index contributed by atoms with van der Waals surface area (Å²) < 4.78 is 0. The fraction of sp³-hybridized carbons (Fsp3) is 0.625. The SMILES string of the molecule is C=C(C(N)=O)C(O)(CC)N(C)C. The van der Waals surface area contributed by atoms with Gasteiger partial charge in [0.1, 0.15) is 5.72 Å². The van der Waals surface area contributed by atoms with Crippen molar-refractivity contribution in [1.29, 1.82) is 0 Å². The van der Waals surface area contributed by atoms with E-state index in [1.165, 1.54) is 4.90 Å². The smallest absolute Gasteiger partial charge is 0.248 e. The predicted octanol–water partition coefficient (Wildman–Crippen LogP) is -0.312. The lowest BCUT2D eigenvalue weighted by Crippen LogP contribution is -2.48. The summed E-state index contributed by atoms with van der Waals surface area (Å²) in [6.45, 7) is 5.21. The third kappa shape index (κ3) is 1.84. The highest BCUT2D eigenvalue weighted by molar-refractivity contribution is 5.93. The molecule has 0 aromatic carbocycles. The van der Waals surface area contributed by atoms with Gasteiger partial charge in [0.25, 0.3) is 0 Å². The molecule has 0 fully saturated rings. The summed E-state index contributed by atoms with van der Waals surface area (Å²) in [6, 6.07) is 0. The second kappa shape index (κ2) is 3.69. The number of primary amides is 1. The third-order valence-corrected chi connectivity index (χ3v) is 2.01. The highest BCUT2D eigenvalue weighted by Crippen LogP contribution is 2.21. The molecule has 12 heavy (non-hydrogen) atoms. The first kappa shape index (κ1) is 11.1. The van der Waals surface area contributed by atoms with Crippen LogP contribution in [0.25, 0.3) is 0 Å². The van der Waals surface area contributed by atoms with Crippen molar-refractivity contribution in [3.05, 3.63) is 12.2 Å². The molecule has 1 atom stereocenters. The Hall–Kier alpha value is -0.870. The average Bonchev–Trinajstić information content (AvgIpc) is 2.01. The first-order valence-corrected chi connectivity index (χ1v) is 3.75. The van der Waals surface area contributed by atoms with E-state index in [0.29, 0.717) is 6.42 Å². The van der Waals surface area contributed by atoms with Gasteiger partial charge in [-0.3, -0.25) is 9.69 Å². The molecule has 0 bridgehead atoms. The fourth-order valence-electron chi connectivity index (χ4n) is 0.997. The first-order valence-electron chi connectivity index (χ1n) is 3.75. The third-order valence-electron chi connectivity index (χ3n) is 2.01. The maximum Gasteiger partial charge on any atom is 0.248 e. The largest absolute Gasteiger partial charge is 0.371 e. The molecule has 0 saturated carbocycles. The molecule has 0 aliphatic carbocycles. The van der Waals surface area contributed by atoms with Crippen molar-refractivity contribution < 1.29 is 9.90 Å². The Morgan fingerprint density at radius 3 is 2.17 bits per heavy atom. The van der Waals surface area contributed by atoms with E-state index in [1.807, 2.05) is 0 Å². The molecular weight excluding hydrogens is 156 g/mol. The molecule has 0 aromatic heterocycles. The second-order valence-corrected chi connectivity index (χ2v) is 2.91. The normalized spacial score (nSPS) is 15.8. The van der Waals surface area contributed by atoms with Crippen molar-refractivity contribution in [2.24, 2.45) is 5.73 Å². The van der Waals surface area contributed by atoms with Gasteiger partial charge in [-0.15, -0.1) is 0 Å². The van der Waals surface area contributed by atoms with Crippen LogP contribution in [0.4, 0.5) is 0 Å². The molecule has 70 valence electrons. The van der Waals surface area contributed by atoms with Gasteiger partial charge in [-0.1, -0.05) is 13.5 Å². The number of likely N-dealkylation sites (N-methyl/N-ethyl adjacent to an activating group) is 1. The van der Waals surface area contributed by atoms with Crippen LogP contribution in [0.5, 0.6) is 0 Å². The zero-order chi connectivity index (χ0) is 9.94. The Balaban J connectivity index is 4.76. The molecule has 0 rings (SSSR count). The fourth-order valence-corrected chi connectivity index (χ4v) is 0.997. The molecule has 0 radical (unpaired) electrons. The van der Waals surface area contributed by atoms with Crippen LogP contribution in [0, 0.1) is 0 Å². The molecule has 0 aliphatic heterocycles. The molecule has 1 unspecified atom stereocenters. The zero-order valence-corrected chi connectivity index (χ0v) is 7.79. The standard InChI is InChI=1S/C8H16N2O2/c1-5-8(12,10(3)4)6(2)7(9)11/h12H,2,5H2,1,3-4H3,(H2,9,11). The molecule has 0 saturated heterocycles. The van der Waals surface area contributed by atoms with Gasteiger partial charge in [0.2, 0.25) is 5.91 Å². The molecular formula is C8H16N2O2. The van der Waals surface area contributed by atoms with E-state index in [4.69, 9.17) is 5.73 Å². The zero-order valence-electron chi connectivity index (χ0n) is 7.79. The van der Waals surface area contributed by atoms with Gasteiger partial charge in [0, 0.05) is 0 Å². The second-order valence-electron chi connectivity index (χ2n) is 2.91. The summed E-state index contributed by atoms with van der Waals surface area (Å²) in [5, 5.41) is 9.86. The number of amides is 1.